The van der Waals surface area contributed by atoms with Crippen LogP contribution in [0.5, 0.6) is 0 Å². The van der Waals surface area contributed by atoms with Crippen molar-refractivity contribution in [3.8, 4) is 0 Å². The second kappa shape index (κ2) is 9.02. The van der Waals surface area contributed by atoms with Gasteiger partial charge >= 0.3 is 0 Å². The van der Waals surface area contributed by atoms with Crippen LogP contribution in [0.1, 0.15) is 29.9 Å². The van der Waals surface area contributed by atoms with E-state index in [1.165, 1.54) is 11.3 Å². The number of amides is 1. The minimum absolute atomic E-state index is 0.00556. The van der Waals surface area contributed by atoms with Gasteiger partial charge < -0.3 is 10.2 Å². The van der Waals surface area contributed by atoms with Gasteiger partial charge in [0.2, 0.25) is 0 Å². The number of benzene rings is 1. The highest BCUT2D eigenvalue weighted by molar-refractivity contribution is 7.91. The van der Waals surface area contributed by atoms with Crippen molar-refractivity contribution in [3.05, 3.63) is 41.3 Å². The fourth-order valence-corrected chi connectivity index (χ4v) is 6.35. The van der Waals surface area contributed by atoms with Crippen LogP contribution in [0, 0.1) is 0 Å². The van der Waals surface area contributed by atoms with Gasteiger partial charge in [0.05, 0.1) is 20.2 Å². The molecule has 9 heteroatoms. The molecule has 3 aromatic rings. The van der Waals surface area contributed by atoms with Crippen molar-refractivity contribution in [2.45, 2.75) is 25.2 Å². The summed E-state index contributed by atoms with van der Waals surface area (Å²) in [6, 6.07) is 10.2. The molecule has 0 atom stereocenters. The van der Waals surface area contributed by atoms with Crippen molar-refractivity contribution < 1.29 is 13.2 Å². The van der Waals surface area contributed by atoms with Crippen LogP contribution in [0.15, 0.2) is 41.3 Å². The number of fused-ring (bicyclic) bond motifs is 1. The smallest absolute Gasteiger partial charge is 0.261 e. The summed E-state index contributed by atoms with van der Waals surface area (Å²) < 4.78 is 25.5. The van der Waals surface area contributed by atoms with E-state index in [0.29, 0.717) is 22.7 Å². The quantitative estimate of drug-likeness (QED) is 0.515. The van der Waals surface area contributed by atoms with Crippen LogP contribution in [0.25, 0.3) is 9.53 Å². The summed E-state index contributed by atoms with van der Waals surface area (Å²) in [5.41, 5.74) is 0. The zero-order chi connectivity index (χ0) is 20.1. The molecule has 1 amide bonds. The topological polar surface area (TPSA) is 79.4 Å². The lowest BCUT2D eigenvalue weighted by Crippen LogP contribution is -2.25. The number of sulfone groups is 1. The molecular formula is C19H23N3O3S3. The molecule has 0 bridgehead atoms. The lowest BCUT2D eigenvalue weighted by Gasteiger charge is -2.16. The third kappa shape index (κ3) is 4.71. The number of rotatable bonds is 9. The zero-order valence-electron chi connectivity index (χ0n) is 15.8. The highest BCUT2D eigenvalue weighted by Crippen LogP contribution is 2.34. The van der Waals surface area contributed by atoms with E-state index in [4.69, 9.17) is 0 Å². The van der Waals surface area contributed by atoms with Gasteiger partial charge in [-0.15, -0.1) is 11.3 Å². The van der Waals surface area contributed by atoms with E-state index in [2.05, 4.69) is 29.0 Å². The van der Waals surface area contributed by atoms with Gasteiger partial charge in [-0.2, -0.15) is 0 Å². The summed E-state index contributed by atoms with van der Waals surface area (Å²) in [7, 11) is -3.31. The lowest BCUT2D eigenvalue weighted by atomic mass is 10.4. The Hall–Kier alpha value is -1.97. The summed E-state index contributed by atoms with van der Waals surface area (Å²) in [5, 5.41) is 3.78. The fraction of sp³-hybridized carbons (Fsp3) is 0.368. The first-order chi connectivity index (χ1) is 13.4. The van der Waals surface area contributed by atoms with Crippen molar-refractivity contribution >= 4 is 53.1 Å². The molecule has 0 saturated heterocycles. The van der Waals surface area contributed by atoms with Crippen LogP contribution >= 0.6 is 22.7 Å². The first-order valence-electron chi connectivity index (χ1n) is 9.16. The standard InChI is InChI=1S/C19H23N3O3S3/c1-3-22(4-2)19-21-18-16(27-19)13-15(26-18)17(23)20-11-8-12-28(24,25)14-9-6-5-7-10-14/h5-7,9-10,13H,3-4,8,11-12H2,1-2H3,(H,20,23). The number of nitrogens with zero attached hydrogens (tertiary/aromatic N) is 2. The average Bonchev–Trinajstić information content (AvgIpc) is 3.26. The highest BCUT2D eigenvalue weighted by atomic mass is 32.2. The maximum Gasteiger partial charge on any atom is 0.261 e. The van der Waals surface area contributed by atoms with Crippen LogP contribution in [0.2, 0.25) is 0 Å². The van der Waals surface area contributed by atoms with Crippen molar-refractivity contribution in [3.63, 3.8) is 0 Å². The predicted octanol–water partition coefficient (Wildman–Crippen LogP) is 3.80. The molecule has 2 heterocycles. The Morgan fingerprint density at radius 2 is 1.86 bits per heavy atom. The van der Waals surface area contributed by atoms with E-state index >= 15 is 0 Å². The van der Waals surface area contributed by atoms with Gasteiger partial charge in [-0.25, -0.2) is 13.4 Å². The Balaban J connectivity index is 1.54. The third-order valence-corrected chi connectivity index (χ3v) is 8.35. The lowest BCUT2D eigenvalue weighted by molar-refractivity contribution is 0.0958. The number of carbonyl (C=O) groups is 1. The molecule has 0 spiro atoms. The number of hydrogen-bond acceptors (Lipinski definition) is 7. The Morgan fingerprint density at radius 1 is 1.14 bits per heavy atom. The zero-order valence-corrected chi connectivity index (χ0v) is 18.3. The predicted molar refractivity (Wildman–Crippen MR) is 117 cm³/mol. The molecule has 0 aliphatic heterocycles. The van der Waals surface area contributed by atoms with Gasteiger partial charge in [0.1, 0.15) is 4.83 Å². The van der Waals surface area contributed by atoms with Gasteiger partial charge in [-0.3, -0.25) is 4.79 Å². The molecule has 3 rings (SSSR count). The normalized spacial score (nSPS) is 11.6. The molecule has 0 fully saturated rings. The van der Waals surface area contributed by atoms with Crippen molar-refractivity contribution in [1.82, 2.24) is 10.3 Å². The largest absolute Gasteiger partial charge is 0.351 e. The van der Waals surface area contributed by atoms with Crippen molar-refractivity contribution in [2.75, 3.05) is 30.3 Å². The van der Waals surface area contributed by atoms with Crippen LogP contribution in [0.4, 0.5) is 5.13 Å². The molecule has 6 nitrogen and oxygen atoms in total. The molecule has 0 aliphatic carbocycles. The molecule has 0 unspecified atom stereocenters. The molecule has 28 heavy (non-hydrogen) atoms. The van der Waals surface area contributed by atoms with Crippen molar-refractivity contribution in [2.24, 2.45) is 0 Å². The van der Waals surface area contributed by atoms with E-state index in [-0.39, 0.29) is 11.7 Å². The number of nitrogens with one attached hydrogen (secondary N) is 1. The summed E-state index contributed by atoms with van der Waals surface area (Å²) in [6.07, 6.45) is 0.368. The first-order valence-corrected chi connectivity index (χ1v) is 12.4. The second-order valence-corrected chi connectivity index (χ2v) is 10.3. The summed E-state index contributed by atoms with van der Waals surface area (Å²) >= 11 is 2.96. The Bertz CT molecular complexity index is 1010. The number of aromatic nitrogens is 1. The molecule has 0 saturated carbocycles. The van der Waals surface area contributed by atoms with Crippen molar-refractivity contribution in [1.29, 1.82) is 0 Å². The fourth-order valence-electron chi connectivity index (χ4n) is 2.76. The van der Waals surface area contributed by atoms with E-state index in [9.17, 15) is 13.2 Å². The monoisotopic (exact) mass is 437 g/mol. The number of thiophene rings is 1. The van der Waals surface area contributed by atoms with E-state index < -0.39 is 9.84 Å². The minimum Gasteiger partial charge on any atom is -0.351 e. The molecule has 0 aliphatic rings. The van der Waals surface area contributed by atoms with Crippen LogP contribution in [-0.2, 0) is 9.84 Å². The molecule has 0 radical (unpaired) electrons. The van der Waals surface area contributed by atoms with Crippen LogP contribution < -0.4 is 10.2 Å². The van der Waals surface area contributed by atoms with E-state index in [1.807, 2.05) is 6.07 Å². The number of hydrogen-bond donors (Lipinski definition) is 1. The Morgan fingerprint density at radius 3 is 2.50 bits per heavy atom. The molecular weight excluding hydrogens is 414 g/mol. The van der Waals surface area contributed by atoms with Crippen LogP contribution in [0.3, 0.4) is 0 Å². The Labute approximate surface area is 173 Å². The third-order valence-electron chi connectivity index (χ3n) is 4.31. The summed E-state index contributed by atoms with van der Waals surface area (Å²) in [5.74, 6) is -0.178. The molecule has 1 aromatic carbocycles. The second-order valence-electron chi connectivity index (χ2n) is 6.19. The number of carbonyl (C=O) groups excluding carboxylic acids is 1. The number of thiazole rings is 1. The Kier molecular flexibility index (Phi) is 6.69. The SMILES string of the molecule is CCN(CC)c1nc2sc(C(=O)NCCCS(=O)(=O)c3ccccc3)cc2s1. The van der Waals surface area contributed by atoms with Crippen LogP contribution in [-0.4, -0.2) is 44.7 Å². The van der Waals surface area contributed by atoms with E-state index in [1.54, 1.807) is 41.7 Å². The van der Waals surface area contributed by atoms with Gasteiger partial charge in [-0.05, 0) is 38.5 Å². The molecule has 1 N–H and O–H groups in total. The maximum absolute atomic E-state index is 12.4. The number of anilines is 1. The van der Waals surface area contributed by atoms with Gasteiger partial charge in [0, 0.05) is 19.6 Å². The molecule has 150 valence electrons. The minimum atomic E-state index is -3.31. The summed E-state index contributed by atoms with van der Waals surface area (Å²) in [4.78, 5) is 20.9. The van der Waals surface area contributed by atoms with Gasteiger partial charge in [-0.1, -0.05) is 29.5 Å². The average molecular weight is 438 g/mol. The molecule has 2 aromatic heterocycles. The van der Waals surface area contributed by atoms with E-state index in [0.717, 1.165) is 27.8 Å². The summed E-state index contributed by atoms with van der Waals surface area (Å²) in [6.45, 7) is 6.30. The highest BCUT2D eigenvalue weighted by Gasteiger charge is 2.17. The van der Waals surface area contributed by atoms with Gasteiger partial charge in [0.25, 0.3) is 5.91 Å². The maximum atomic E-state index is 12.4. The van der Waals surface area contributed by atoms with Gasteiger partial charge in [0.15, 0.2) is 15.0 Å². The first kappa shape index (κ1) is 20.8.